The first-order valence-corrected chi connectivity index (χ1v) is 10.5. The van der Waals surface area contributed by atoms with Gasteiger partial charge < -0.3 is 9.73 Å². The highest BCUT2D eigenvalue weighted by Crippen LogP contribution is 2.40. The minimum absolute atomic E-state index is 0.121. The molecule has 0 radical (unpaired) electrons. The second-order valence-corrected chi connectivity index (χ2v) is 8.31. The number of nitriles is 1. The molecule has 0 saturated heterocycles. The summed E-state index contributed by atoms with van der Waals surface area (Å²) in [7, 11) is 0. The molecule has 8 heteroatoms. The number of nitrogens with zero attached hydrogens (tertiary/aromatic N) is 4. The summed E-state index contributed by atoms with van der Waals surface area (Å²) in [6, 6.07) is 6.12. The maximum Gasteiger partial charge on any atom is 0.231 e. The number of amides is 1. The zero-order valence-corrected chi connectivity index (χ0v) is 16.0. The van der Waals surface area contributed by atoms with Gasteiger partial charge in [-0.3, -0.25) is 9.36 Å². The van der Waals surface area contributed by atoms with Gasteiger partial charge in [-0.2, -0.15) is 5.26 Å². The Bertz CT molecular complexity index is 829. The van der Waals surface area contributed by atoms with E-state index < -0.39 is 5.54 Å². The molecule has 2 saturated carbocycles. The van der Waals surface area contributed by atoms with E-state index in [0.29, 0.717) is 12.5 Å². The van der Waals surface area contributed by atoms with E-state index in [0.717, 1.165) is 61.7 Å². The summed E-state index contributed by atoms with van der Waals surface area (Å²) in [6.45, 7) is 0.567. The molecule has 2 aliphatic carbocycles. The molecule has 2 aromatic heterocycles. The van der Waals surface area contributed by atoms with Crippen LogP contribution < -0.4 is 5.32 Å². The van der Waals surface area contributed by atoms with E-state index in [1.807, 2.05) is 12.1 Å². The lowest BCUT2D eigenvalue weighted by atomic mass is 9.83. The minimum atomic E-state index is -0.698. The molecule has 0 bridgehead atoms. The van der Waals surface area contributed by atoms with Gasteiger partial charge in [-0.25, -0.2) is 0 Å². The van der Waals surface area contributed by atoms with Crippen LogP contribution in [0.25, 0.3) is 0 Å². The normalized spacial score (nSPS) is 18.8. The molecule has 4 rings (SSSR count). The third-order valence-electron chi connectivity index (χ3n) is 5.21. The third kappa shape index (κ3) is 4.19. The molecule has 142 valence electrons. The second-order valence-electron chi connectivity index (χ2n) is 7.37. The van der Waals surface area contributed by atoms with Crippen LogP contribution in [0.5, 0.6) is 0 Å². The van der Waals surface area contributed by atoms with E-state index in [-0.39, 0.29) is 11.7 Å². The lowest BCUT2D eigenvalue weighted by Crippen LogP contribution is -2.49. The topological polar surface area (TPSA) is 96.7 Å². The fourth-order valence-electron chi connectivity index (χ4n) is 3.61. The molecule has 7 nitrogen and oxygen atoms in total. The second kappa shape index (κ2) is 7.77. The van der Waals surface area contributed by atoms with Crippen LogP contribution in [0.15, 0.2) is 28.0 Å². The van der Waals surface area contributed by atoms with Crippen molar-refractivity contribution in [1.29, 1.82) is 5.26 Å². The largest absolute Gasteiger partial charge is 0.467 e. The average molecular weight is 385 g/mol. The Hall–Kier alpha value is -2.27. The van der Waals surface area contributed by atoms with Crippen LogP contribution in [0.3, 0.4) is 0 Å². The molecule has 0 aliphatic heterocycles. The van der Waals surface area contributed by atoms with Gasteiger partial charge in [-0.05, 0) is 37.8 Å². The Morgan fingerprint density at radius 2 is 2.19 bits per heavy atom. The van der Waals surface area contributed by atoms with Gasteiger partial charge in [0, 0.05) is 5.92 Å². The van der Waals surface area contributed by atoms with Crippen molar-refractivity contribution in [2.75, 3.05) is 5.75 Å². The van der Waals surface area contributed by atoms with Gasteiger partial charge in [0.15, 0.2) is 5.16 Å². The van der Waals surface area contributed by atoms with Gasteiger partial charge in [0.1, 0.15) is 17.1 Å². The molecule has 2 heterocycles. The van der Waals surface area contributed by atoms with Crippen molar-refractivity contribution in [2.24, 2.45) is 0 Å². The molecular weight excluding hydrogens is 362 g/mol. The monoisotopic (exact) mass is 385 g/mol. The fraction of sp³-hybridized carbons (Fsp3) is 0.579. The van der Waals surface area contributed by atoms with Crippen molar-refractivity contribution in [2.45, 2.75) is 68.1 Å². The van der Waals surface area contributed by atoms with Crippen LogP contribution in [-0.4, -0.2) is 32.0 Å². The number of aromatic nitrogens is 3. The highest BCUT2D eigenvalue weighted by Gasteiger charge is 2.34. The summed E-state index contributed by atoms with van der Waals surface area (Å²) in [4.78, 5) is 12.5. The number of furan rings is 1. The van der Waals surface area contributed by atoms with Crippen molar-refractivity contribution >= 4 is 17.7 Å². The molecule has 0 aromatic carbocycles. The molecule has 27 heavy (non-hydrogen) atoms. The van der Waals surface area contributed by atoms with Gasteiger partial charge in [0.2, 0.25) is 5.91 Å². The number of rotatable bonds is 7. The van der Waals surface area contributed by atoms with Gasteiger partial charge in [-0.1, -0.05) is 31.0 Å². The Kier molecular flexibility index (Phi) is 5.21. The molecule has 2 aromatic rings. The molecule has 0 spiro atoms. The first-order chi connectivity index (χ1) is 13.2. The molecule has 1 amide bonds. The number of hydrogen-bond acceptors (Lipinski definition) is 6. The molecule has 0 unspecified atom stereocenters. The Balaban J connectivity index is 1.42. The van der Waals surface area contributed by atoms with E-state index in [1.165, 1.54) is 11.8 Å². The highest BCUT2D eigenvalue weighted by atomic mass is 32.2. The molecular formula is C19H23N5O2S. The maximum atomic E-state index is 12.5. The van der Waals surface area contributed by atoms with Gasteiger partial charge in [0.25, 0.3) is 0 Å². The quantitative estimate of drug-likeness (QED) is 0.735. The van der Waals surface area contributed by atoms with Crippen molar-refractivity contribution < 1.29 is 9.21 Å². The van der Waals surface area contributed by atoms with Crippen LogP contribution in [0.4, 0.5) is 0 Å². The lowest BCUT2D eigenvalue weighted by molar-refractivity contribution is -0.120. The summed E-state index contributed by atoms with van der Waals surface area (Å²) in [6.07, 6.45) is 8.50. The molecule has 0 atom stereocenters. The number of carbonyl (C=O) groups excluding carboxylic acids is 1. The number of nitrogens with one attached hydrogen (secondary N) is 1. The maximum absolute atomic E-state index is 12.5. The first-order valence-electron chi connectivity index (χ1n) is 9.50. The Morgan fingerprint density at radius 1 is 1.37 bits per heavy atom. The van der Waals surface area contributed by atoms with E-state index in [4.69, 9.17) is 4.42 Å². The van der Waals surface area contributed by atoms with Crippen LogP contribution in [0, 0.1) is 11.3 Å². The fourth-order valence-corrected chi connectivity index (χ4v) is 4.36. The number of thioether (sulfide) groups is 1. The SMILES string of the molecule is N#CC1(NC(=O)CSc2nnc(C3CC3)n2Cc2ccco2)CCCCC1. The zero-order chi connectivity index (χ0) is 18.7. The van der Waals surface area contributed by atoms with Crippen LogP contribution in [0.1, 0.15) is 62.4 Å². The number of hydrogen-bond donors (Lipinski definition) is 1. The van der Waals surface area contributed by atoms with Crippen LogP contribution in [-0.2, 0) is 11.3 Å². The van der Waals surface area contributed by atoms with E-state index in [2.05, 4.69) is 26.2 Å². The summed E-state index contributed by atoms with van der Waals surface area (Å²) in [5.74, 6) is 2.37. The average Bonchev–Trinajstić information content (AvgIpc) is 3.25. The summed E-state index contributed by atoms with van der Waals surface area (Å²) in [5.41, 5.74) is -0.698. The van der Waals surface area contributed by atoms with Crippen molar-refractivity contribution in [3.63, 3.8) is 0 Å². The van der Waals surface area contributed by atoms with Gasteiger partial charge in [0.05, 0.1) is 24.6 Å². The zero-order valence-electron chi connectivity index (χ0n) is 15.2. The molecule has 2 fully saturated rings. The first kappa shape index (κ1) is 18.1. The minimum Gasteiger partial charge on any atom is -0.467 e. The third-order valence-corrected chi connectivity index (χ3v) is 6.18. The summed E-state index contributed by atoms with van der Waals surface area (Å²) in [5, 5.41) is 21.9. The smallest absolute Gasteiger partial charge is 0.231 e. The van der Waals surface area contributed by atoms with E-state index in [1.54, 1.807) is 6.26 Å². The van der Waals surface area contributed by atoms with Crippen molar-refractivity contribution in [1.82, 2.24) is 20.1 Å². The van der Waals surface area contributed by atoms with Gasteiger partial charge in [-0.15, -0.1) is 10.2 Å². The Labute approximate surface area is 162 Å². The standard InChI is InChI=1S/C19H23N5O2S/c20-13-19(8-2-1-3-9-19)21-16(25)12-27-18-23-22-17(14-6-7-14)24(18)11-15-5-4-10-26-15/h4-5,10,14H,1-3,6-9,11-12H2,(H,21,25). The van der Waals surface area contributed by atoms with Crippen LogP contribution >= 0.6 is 11.8 Å². The molecule has 1 N–H and O–H groups in total. The van der Waals surface area contributed by atoms with Crippen molar-refractivity contribution in [3.05, 3.63) is 30.0 Å². The lowest BCUT2D eigenvalue weighted by Gasteiger charge is -2.31. The summed E-state index contributed by atoms with van der Waals surface area (Å²) < 4.78 is 7.52. The number of carbonyl (C=O) groups is 1. The van der Waals surface area contributed by atoms with Crippen molar-refractivity contribution in [3.8, 4) is 6.07 Å². The van der Waals surface area contributed by atoms with E-state index >= 15 is 0 Å². The highest BCUT2D eigenvalue weighted by molar-refractivity contribution is 7.99. The van der Waals surface area contributed by atoms with Gasteiger partial charge >= 0.3 is 0 Å². The van der Waals surface area contributed by atoms with E-state index in [9.17, 15) is 10.1 Å². The summed E-state index contributed by atoms with van der Waals surface area (Å²) >= 11 is 1.37. The molecule has 2 aliphatic rings. The predicted molar refractivity (Wildman–Crippen MR) is 100 cm³/mol. The predicted octanol–water partition coefficient (Wildman–Crippen LogP) is 3.23. The Morgan fingerprint density at radius 3 is 2.85 bits per heavy atom. The van der Waals surface area contributed by atoms with Crippen LogP contribution in [0.2, 0.25) is 0 Å².